The third-order valence-corrected chi connectivity index (χ3v) is 9.27. The second-order valence-electron chi connectivity index (χ2n) is 12.5. The van der Waals surface area contributed by atoms with E-state index in [9.17, 15) is 22.8 Å². The van der Waals surface area contributed by atoms with Gasteiger partial charge in [-0.2, -0.15) is 13.2 Å². The van der Waals surface area contributed by atoms with Crippen molar-refractivity contribution in [3.05, 3.63) is 87.1 Å². The van der Waals surface area contributed by atoms with Crippen molar-refractivity contribution in [1.82, 2.24) is 30.1 Å². The summed E-state index contributed by atoms with van der Waals surface area (Å²) in [5, 5.41) is 5.90. The molecule has 3 N–H and O–H groups in total. The Morgan fingerprint density at radius 1 is 1.08 bits per heavy atom. The quantitative estimate of drug-likeness (QED) is 0.324. The Kier molecular flexibility index (Phi) is 9.65. The van der Waals surface area contributed by atoms with E-state index in [1.165, 1.54) is 12.1 Å². The van der Waals surface area contributed by atoms with Crippen molar-refractivity contribution in [2.24, 2.45) is 0 Å². The molecule has 1 unspecified atom stereocenters. The standard InChI is InChI=1S/C33H38F4N8O3/c1-19-16-45(17-20(2)43(19)3)28-12-26(34)23(10-27(28)42-32(47)24-15-39-29(46)11-25(24)33(35,36)37)22-4-5-38-30(22)31-40-13-21(14-41-31)18-44-6-8-48-9-7-44/h4,10-15,19-20,30,38H,5-9,16-18H2,1-3H3,(H,39,46)(H,42,47)/t19-,20+,30?. The van der Waals surface area contributed by atoms with Gasteiger partial charge in [-0.05, 0) is 38.6 Å². The number of morpholine rings is 1. The van der Waals surface area contributed by atoms with Crippen LogP contribution in [0.5, 0.6) is 0 Å². The lowest BCUT2D eigenvalue weighted by Crippen LogP contribution is -2.55. The van der Waals surface area contributed by atoms with Crippen LogP contribution in [0.15, 0.2) is 47.7 Å². The Hall–Kier alpha value is -4.18. The van der Waals surface area contributed by atoms with Gasteiger partial charge >= 0.3 is 6.18 Å². The summed E-state index contributed by atoms with van der Waals surface area (Å²) in [4.78, 5) is 42.9. The molecule has 1 aromatic carbocycles. The second kappa shape index (κ2) is 13.7. The van der Waals surface area contributed by atoms with Crippen molar-refractivity contribution in [1.29, 1.82) is 0 Å². The van der Waals surface area contributed by atoms with Crippen molar-refractivity contribution >= 4 is 22.9 Å². The van der Waals surface area contributed by atoms with Gasteiger partial charge in [0.15, 0.2) is 0 Å². The number of aromatic amines is 1. The number of ether oxygens (including phenoxy) is 1. The number of alkyl halides is 3. The van der Waals surface area contributed by atoms with Crippen LogP contribution in [0.4, 0.5) is 28.9 Å². The lowest BCUT2D eigenvalue weighted by atomic mass is 9.97. The summed E-state index contributed by atoms with van der Waals surface area (Å²) >= 11 is 0. The molecule has 0 aliphatic carbocycles. The Morgan fingerprint density at radius 3 is 2.44 bits per heavy atom. The van der Waals surface area contributed by atoms with Crippen LogP contribution in [-0.4, -0.2) is 95.7 Å². The number of benzene rings is 1. The highest BCUT2D eigenvalue weighted by atomic mass is 19.4. The summed E-state index contributed by atoms with van der Waals surface area (Å²) in [7, 11) is 1.99. The summed E-state index contributed by atoms with van der Waals surface area (Å²) < 4.78 is 63.2. The van der Waals surface area contributed by atoms with Crippen LogP contribution in [0.3, 0.4) is 0 Å². The van der Waals surface area contributed by atoms with Gasteiger partial charge in [-0.1, -0.05) is 6.08 Å². The largest absolute Gasteiger partial charge is 0.417 e. The van der Waals surface area contributed by atoms with E-state index in [1.807, 2.05) is 31.9 Å². The van der Waals surface area contributed by atoms with Crippen molar-refractivity contribution in [2.45, 2.75) is 44.7 Å². The van der Waals surface area contributed by atoms with E-state index in [0.29, 0.717) is 62.5 Å². The van der Waals surface area contributed by atoms with Crippen molar-refractivity contribution in [2.75, 3.05) is 63.2 Å². The average Bonchev–Trinajstić information content (AvgIpc) is 3.54. The van der Waals surface area contributed by atoms with Crippen LogP contribution in [-0.2, 0) is 17.5 Å². The Morgan fingerprint density at radius 2 is 1.77 bits per heavy atom. The lowest BCUT2D eigenvalue weighted by Gasteiger charge is -2.44. The minimum atomic E-state index is -4.95. The van der Waals surface area contributed by atoms with Crippen molar-refractivity contribution in [3.8, 4) is 0 Å². The Bertz CT molecular complexity index is 1730. The topological polar surface area (TPSA) is 119 Å². The van der Waals surface area contributed by atoms with Crippen LogP contribution < -0.4 is 21.1 Å². The van der Waals surface area contributed by atoms with Gasteiger partial charge < -0.3 is 25.3 Å². The number of rotatable bonds is 7. The van der Waals surface area contributed by atoms with Crippen LogP contribution >= 0.6 is 0 Å². The molecule has 2 saturated heterocycles. The Balaban J connectivity index is 1.34. The highest BCUT2D eigenvalue weighted by Crippen LogP contribution is 2.39. The normalized spacial score (nSPS) is 22.5. The maximum atomic E-state index is 16.2. The zero-order valence-electron chi connectivity index (χ0n) is 26.9. The van der Waals surface area contributed by atoms with Gasteiger partial charge in [0.1, 0.15) is 11.6 Å². The molecule has 0 spiro atoms. The maximum Gasteiger partial charge on any atom is 0.417 e. The van der Waals surface area contributed by atoms with Crippen LogP contribution in [0, 0.1) is 5.82 Å². The molecule has 3 aliphatic rings. The molecule has 11 nitrogen and oxygen atoms in total. The number of piperazine rings is 1. The number of halogens is 4. The van der Waals surface area contributed by atoms with Crippen molar-refractivity contribution < 1.29 is 27.1 Å². The number of hydrogen-bond donors (Lipinski definition) is 3. The van der Waals surface area contributed by atoms with Crippen LogP contribution in [0.1, 0.15) is 52.8 Å². The number of pyridine rings is 1. The number of carbonyl (C=O) groups is 1. The molecule has 15 heteroatoms. The van der Waals surface area contributed by atoms with Gasteiger partial charge in [0.25, 0.3) is 5.91 Å². The SMILES string of the molecule is C[C@@H]1CN(c2cc(F)c(C3=CCNC3c3ncc(CN4CCOCC4)cn3)cc2NC(=O)c2c[nH]c(=O)cc2C(F)(F)F)C[C@H](C)N1C. The summed E-state index contributed by atoms with van der Waals surface area (Å²) in [6.07, 6.45) is 1.09. The van der Waals surface area contributed by atoms with Gasteiger partial charge in [-0.25, -0.2) is 14.4 Å². The van der Waals surface area contributed by atoms with Gasteiger partial charge in [0.05, 0.1) is 41.8 Å². The zero-order chi connectivity index (χ0) is 34.2. The highest BCUT2D eigenvalue weighted by molar-refractivity contribution is 6.07. The molecule has 3 atom stereocenters. The zero-order valence-corrected chi connectivity index (χ0v) is 26.9. The first kappa shape index (κ1) is 33.7. The van der Waals surface area contributed by atoms with Gasteiger partial charge in [0.2, 0.25) is 5.56 Å². The fourth-order valence-electron chi connectivity index (χ4n) is 6.45. The molecule has 2 fully saturated rings. The molecule has 1 amide bonds. The summed E-state index contributed by atoms with van der Waals surface area (Å²) in [5.74, 6) is -1.23. The van der Waals surface area contributed by atoms with Gasteiger partial charge in [-0.15, -0.1) is 0 Å². The second-order valence-corrected chi connectivity index (χ2v) is 12.5. The molecule has 256 valence electrons. The predicted molar refractivity (Wildman–Crippen MR) is 172 cm³/mol. The minimum Gasteiger partial charge on any atom is -0.379 e. The van der Waals surface area contributed by atoms with Gasteiger partial charge in [0, 0.05) is 87.1 Å². The molecule has 5 heterocycles. The van der Waals surface area contributed by atoms with E-state index in [-0.39, 0.29) is 23.3 Å². The molecule has 0 radical (unpaired) electrons. The maximum absolute atomic E-state index is 16.2. The molecule has 3 aliphatic heterocycles. The first-order valence-electron chi connectivity index (χ1n) is 15.9. The summed E-state index contributed by atoms with van der Waals surface area (Å²) in [6, 6.07) is 2.70. The van der Waals surface area contributed by atoms with Crippen molar-refractivity contribution in [3.63, 3.8) is 0 Å². The van der Waals surface area contributed by atoms with E-state index in [4.69, 9.17) is 4.74 Å². The van der Waals surface area contributed by atoms with E-state index >= 15 is 4.39 Å². The van der Waals surface area contributed by atoms with Crippen LogP contribution in [0.2, 0.25) is 0 Å². The van der Waals surface area contributed by atoms with Crippen LogP contribution in [0.25, 0.3) is 5.57 Å². The lowest BCUT2D eigenvalue weighted by molar-refractivity contribution is -0.138. The predicted octanol–water partition coefficient (Wildman–Crippen LogP) is 3.66. The molecular formula is C33H38F4N8O3. The molecule has 0 bridgehead atoms. The molecular weight excluding hydrogens is 632 g/mol. The van der Waals surface area contributed by atoms with E-state index in [2.05, 4.69) is 35.4 Å². The Labute approximate surface area is 275 Å². The number of carbonyl (C=O) groups excluding carboxylic acids is 1. The summed E-state index contributed by atoms with van der Waals surface area (Å²) in [6.45, 7) is 9.09. The fourth-order valence-corrected chi connectivity index (χ4v) is 6.45. The monoisotopic (exact) mass is 670 g/mol. The number of nitrogens with one attached hydrogen (secondary N) is 3. The molecule has 2 aromatic heterocycles. The van der Waals surface area contributed by atoms with E-state index in [0.717, 1.165) is 24.8 Å². The molecule has 48 heavy (non-hydrogen) atoms. The molecule has 3 aromatic rings. The number of anilines is 2. The van der Waals surface area contributed by atoms with E-state index < -0.39 is 40.6 Å². The molecule has 6 rings (SSSR count). The number of nitrogens with zero attached hydrogens (tertiary/aromatic N) is 5. The third kappa shape index (κ3) is 7.14. The molecule has 0 saturated carbocycles. The number of likely N-dealkylation sites (N-methyl/N-ethyl adjacent to an activating group) is 1. The smallest absolute Gasteiger partial charge is 0.379 e. The number of amides is 1. The number of aromatic nitrogens is 3. The minimum absolute atomic E-state index is 0.0746. The highest BCUT2D eigenvalue weighted by Gasteiger charge is 2.37. The summed E-state index contributed by atoms with van der Waals surface area (Å²) in [5.41, 5.74) is -1.04. The first-order valence-corrected chi connectivity index (χ1v) is 15.9. The number of hydrogen-bond acceptors (Lipinski definition) is 9. The fraction of sp³-hybridized carbons (Fsp3) is 0.455. The van der Waals surface area contributed by atoms with Gasteiger partial charge in [-0.3, -0.25) is 19.4 Å². The third-order valence-electron chi connectivity index (χ3n) is 9.27. The number of H-pyrrole nitrogens is 1. The average molecular weight is 671 g/mol. The first-order chi connectivity index (χ1) is 22.9. The van der Waals surface area contributed by atoms with E-state index in [1.54, 1.807) is 12.4 Å².